The molecule has 1 aromatic carbocycles. The fourth-order valence-corrected chi connectivity index (χ4v) is 1.77. The van der Waals surface area contributed by atoms with Crippen molar-refractivity contribution in [3.05, 3.63) is 35.9 Å². The first kappa shape index (κ1) is 13.9. The number of methoxy groups -OCH3 is 1. The summed E-state index contributed by atoms with van der Waals surface area (Å²) in [6.07, 6.45) is 2.87. The Morgan fingerprint density at radius 2 is 2.35 bits per heavy atom. The van der Waals surface area contributed by atoms with E-state index in [0.29, 0.717) is 13.0 Å². The molecular formula is C13H16N4O3. The number of carbonyl (C=O) groups excluding carboxylic acids is 1. The quantitative estimate of drug-likeness (QED) is 0.680. The third-order valence-electron chi connectivity index (χ3n) is 2.80. The van der Waals surface area contributed by atoms with Crippen molar-refractivity contribution in [2.24, 2.45) is 0 Å². The second kappa shape index (κ2) is 6.55. The lowest BCUT2D eigenvalue weighted by Gasteiger charge is -2.09. The van der Waals surface area contributed by atoms with Gasteiger partial charge in [-0.1, -0.05) is 6.07 Å². The number of nitrogens with zero attached hydrogens (tertiary/aromatic N) is 2. The predicted molar refractivity (Wildman–Crippen MR) is 71.7 cm³/mol. The van der Waals surface area contributed by atoms with E-state index in [-0.39, 0.29) is 23.0 Å². The van der Waals surface area contributed by atoms with Gasteiger partial charge in [0.15, 0.2) is 11.5 Å². The van der Waals surface area contributed by atoms with Crippen LogP contribution in [0, 0.1) is 0 Å². The van der Waals surface area contributed by atoms with Gasteiger partial charge < -0.3 is 15.2 Å². The van der Waals surface area contributed by atoms with Gasteiger partial charge in [-0.25, -0.2) is 4.98 Å². The van der Waals surface area contributed by atoms with Gasteiger partial charge in [0.1, 0.15) is 12.2 Å². The molecule has 0 saturated heterocycles. The Morgan fingerprint density at radius 3 is 3.05 bits per heavy atom. The van der Waals surface area contributed by atoms with Gasteiger partial charge in [0.2, 0.25) is 0 Å². The molecule has 20 heavy (non-hydrogen) atoms. The number of aromatic nitrogens is 3. The normalized spacial score (nSPS) is 10.2. The van der Waals surface area contributed by atoms with Crippen LogP contribution in [0.5, 0.6) is 11.5 Å². The van der Waals surface area contributed by atoms with E-state index in [9.17, 15) is 9.90 Å². The number of ether oxygens (including phenoxy) is 1. The number of amides is 1. The zero-order valence-electron chi connectivity index (χ0n) is 11.1. The maximum atomic E-state index is 11.9. The van der Waals surface area contributed by atoms with Gasteiger partial charge in [-0.05, 0) is 18.6 Å². The number of nitrogens with one attached hydrogen (secondary N) is 2. The Balaban J connectivity index is 1.86. The van der Waals surface area contributed by atoms with Gasteiger partial charge in [0, 0.05) is 13.0 Å². The molecule has 2 aromatic rings. The number of carbonyl (C=O) groups is 1. The fourth-order valence-electron chi connectivity index (χ4n) is 1.77. The molecular weight excluding hydrogens is 260 g/mol. The Hall–Kier alpha value is -2.57. The van der Waals surface area contributed by atoms with Crippen LogP contribution in [0.1, 0.15) is 22.6 Å². The molecule has 0 aliphatic carbocycles. The van der Waals surface area contributed by atoms with E-state index < -0.39 is 0 Å². The van der Waals surface area contributed by atoms with Crippen molar-refractivity contribution in [2.75, 3.05) is 13.7 Å². The average molecular weight is 276 g/mol. The van der Waals surface area contributed by atoms with E-state index in [0.717, 1.165) is 12.2 Å². The van der Waals surface area contributed by atoms with Gasteiger partial charge in [-0.15, -0.1) is 0 Å². The summed E-state index contributed by atoms with van der Waals surface area (Å²) in [5.41, 5.74) is 0.198. The van der Waals surface area contributed by atoms with Crippen molar-refractivity contribution in [3.8, 4) is 11.5 Å². The standard InChI is InChI=1S/C13H16N4O3/c1-20-10-5-2-4-9(12(10)18)13(19)14-7-3-6-11-15-8-16-17-11/h2,4-5,8,18H,3,6-7H2,1H3,(H,14,19)(H,15,16,17). The van der Waals surface area contributed by atoms with Crippen LogP contribution in [0.4, 0.5) is 0 Å². The van der Waals surface area contributed by atoms with Crippen LogP contribution in [0.25, 0.3) is 0 Å². The van der Waals surface area contributed by atoms with Crippen LogP contribution in [0.15, 0.2) is 24.5 Å². The summed E-state index contributed by atoms with van der Waals surface area (Å²) in [6, 6.07) is 4.79. The summed E-state index contributed by atoms with van der Waals surface area (Å²) in [5.74, 6) is 0.574. The fraction of sp³-hybridized carbons (Fsp3) is 0.308. The van der Waals surface area contributed by atoms with E-state index in [1.54, 1.807) is 18.2 Å². The van der Waals surface area contributed by atoms with Gasteiger partial charge >= 0.3 is 0 Å². The van der Waals surface area contributed by atoms with E-state index in [1.807, 2.05) is 0 Å². The highest BCUT2D eigenvalue weighted by molar-refractivity contribution is 5.97. The molecule has 0 aliphatic rings. The van der Waals surface area contributed by atoms with Crippen molar-refractivity contribution in [3.63, 3.8) is 0 Å². The minimum Gasteiger partial charge on any atom is -0.504 e. The van der Waals surface area contributed by atoms with Crippen molar-refractivity contribution in [1.29, 1.82) is 0 Å². The topological polar surface area (TPSA) is 100 Å². The summed E-state index contributed by atoms with van der Waals surface area (Å²) in [7, 11) is 1.44. The molecule has 1 heterocycles. The molecule has 3 N–H and O–H groups in total. The molecule has 7 heteroatoms. The molecule has 0 aliphatic heterocycles. The molecule has 0 unspecified atom stereocenters. The Bertz CT molecular complexity index is 569. The van der Waals surface area contributed by atoms with Gasteiger partial charge in [-0.2, -0.15) is 5.10 Å². The predicted octanol–water partition coefficient (Wildman–Crippen LogP) is 0.881. The van der Waals surface area contributed by atoms with Crippen LogP contribution in [0.3, 0.4) is 0 Å². The lowest BCUT2D eigenvalue weighted by molar-refractivity contribution is 0.0950. The number of hydrogen-bond donors (Lipinski definition) is 3. The number of H-pyrrole nitrogens is 1. The largest absolute Gasteiger partial charge is 0.504 e. The molecule has 0 spiro atoms. The molecule has 0 fully saturated rings. The first-order valence-electron chi connectivity index (χ1n) is 6.20. The first-order valence-corrected chi connectivity index (χ1v) is 6.20. The number of aryl methyl sites for hydroxylation is 1. The van der Waals surface area contributed by atoms with E-state index in [2.05, 4.69) is 20.5 Å². The lowest BCUT2D eigenvalue weighted by atomic mass is 10.1. The highest BCUT2D eigenvalue weighted by atomic mass is 16.5. The molecule has 7 nitrogen and oxygen atoms in total. The number of phenols is 1. The van der Waals surface area contributed by atoms with Crippen LogP contribution in [-0.4, -0.2) is 39.8 Å². The minimum absolute atomic E-state index is 0.150. The maximum Gasteiger partial charge on any atom is 0.255 e. The van der Waals surface area contributed by atoms with Gasteiger partial charge in [0.25, 0.3) is 5.91 Å². The van der Waals surface area contributed by atoms with E-state index in [4.69, 9.17) is 4.74 Å². The van der Waals surface area contributed by atoms with E-state index >= 15 is 0 Å². The van der Waals surface area contributed by atoms with Crippen molar-refractivity contribution in [1.82, 2.24) is 20.5 Å². The zero-order valence-corrected chi connectivity index (χ0v) is 11.1. The minimum atomic E-state index is -0.334. The maximum absolute atomic E-state index is 11.9. The summed E-state index contributed by atoms with van der Waals surface area (Å²) in [5, 5.41) is 19.1. The molecule has 106 valence electrons. The number of hydrogen-bond acceptors (Lipinski definition) is 5. The summed E-state index contributed by atoms with van der Waals surface area (Å²) in [4.78, 5) is 15.9. The van der Waals surface area contributed by atoms with E-state index in [1.165, 1.54) is 13.4 Å². The monoisotopic (exact) mass is 276 g/mol. The van der Waals surface area contributed by atoms with Crippen molar-refractivity contribution < 1.29 is 14.6 Å². The average Bonchev–Trinajstić information content (AvgIpc) is 2.97. The second-order valence-electron chi connectivity index (χ2n) is 4.15. The molecule has 0 radical (unpaired) electrons. The van der Waals surface area contributed by atoms with Gasteiger partial charge in [0.05, 0.1) is 12.7 Å². The third-order valence-corrected chi connectivity index (χ3v) is 2.80. The molecule has 1 aromatic heterocycles. The van der Waals surface area contributed by atoms with Gasteiger partial charge in [-0.3, -0.25) is 9.89 Å². The number of phenolic OH excluding ortho intramolecular Hbond substituents is 1. The number of para-hydroxylation sites is 1. The summed E-state index contributed by atoms with van der Waals surface area (Å²) < 4.78 is 4.96. The number of benzene rings is 1. The number of aromatic hydroxyl groups is 1. The highest BCUT2D eigenvalue weighted by Crippen LogP contribution is 2.29. The Kier molecular flexibility index (Phi) is 4.54. The summed E-state index contributed by atoms with van der Waals surface area (Å²) >= 11 is 0. The van der Waals surface area contributed by atoms with Crippen LogP contribution in [0.2, 0.25) is 0 Å². The SMILES string of the molecule is COc1cccc(C(=O)NCCCc2ncn[nH]2)c1O. The molecule has 1 amide bonds. The number of rotatable bonds is 6. The first-order chi connectivity index (χ1) is 9.72. The van der Waals surface area contributed by atoms with Crippen LogP contribution < -0.4 is 10.1 Å². The Labute approximate surface area is 116 Å². The van der Waals surface area contributed by atoms with Crippen molar-refractivity contribution >= 4 is 5.91 Å². The Morgan fingerprint density at radius 1 is 1.50 bits per heavy atom. The van der Waals surface area contributed by atoms with Crippen molar-refractivity contribution in [2.45, 2.75) is 12.8 Å². The molecule has 0 atom stereocenters. The smallest absolute Gasteiger partial charge is 0.255 e. The zero-order chi connectivity index (χ0) is 14.4. The second-order valence-corrected chi connectivity index (χ2v) is 4.15. The van der Waals surface area contributed by atoms with Crippen LogP contribution >= 0.6 is 0 Å². The molecule has 0 saturated carbocycles. The third kappa shape index (κ3) is 3.25. The molecule has 0 bridgehead atoms. The highest BCUT2D eigenvalue weighted by Gasteiger charge is 2.14. The van der Waals surface area contributed by atoms with Crippen LogP contribution in [-0.2, 0) is 6.42 Å². The summed E-state index contributed by atoms with van der Waals surface area (Å²) in [6.45, 7) is 0.482. The number of aromatic amines is 1. The molecule has 2 rings (SSSR count). The lowest BCUT2D eigenvalue weighted by Crippen LogP contribution is -2.25.